The normalized spacial score (nSPS) is 11.1. The molecule has 0 saturated carbocycles. The molecule has 0 fully saturated rings. The molecule has 19 heavy (non-hydrogen) atoms. The highest BCUT2D eigenvalue weighted by molar-refractivity contribution is 7.12. The van der Waals surface area contributed by atoms with Crippen molar-refractivity contribution in [1.29, 1.82) is 0 Å². The van der Waals surface area contributed by atoms with Crippen LogP contribution in [0, 0.1) is 5.41 Å². The fourth-order valence-electron chi connectivity index (χ4n) is 1.76. The second kappa shape index (κ2) is 5.97. The van der Waals surface area contributed by atoms with Gasteiger partial charge in [0.2, 0.25) is 5.91 Å². The summed E-state index contributed by atoms with van der Waals surface area (Å²) < 4.78 is 0. The molecule has 1 aromatic heterocycles. The zero-order valence-electron chi connectivity index (χ0n) is 11.1. The molecule has 6 heteroatoms. The first-order valence-electron chi connectivity index (χ1n) is 5.79. The van der Waals surface area contributed by atoms with Crippen molar-refractivity contribution in [2.75, 3.05) is 5.32 Å². The molecule has 0 unspecified atom stereocenters. The van der Waals surface area contributed by atoms with Crippen molar-refractivity contribution in [2.45, 2.75) is 33.6 Å². The number of thiophene rings is 1. The summed E-state index contributed by atoms with van der Waals surface area (Å²) in [4.78, 5) is 34.2. The lowest BCUT2D eigenvalue weighted by Crippen LogP contribution is -2.31. The highest BCUT2D eigenvalue weighted by atomic mass is 32.1. The number of hydrogen-bond acceptors (Lipinski definition) is 5. The minimum atomic E-state index is -1.18. The van der Waals surface area contributed by atoms with Gasteiger partial charge in [-0.3, -0.25) is 9.59 Å². The Labute approximate surface area is 115 Å². The van der Waals surface area contributed by atoms with Crippen LogP contribution in [0.4, 0.5) is 5.69 Å². The van der Waals surface area contributed by atoms with Gasteiger partial charge in [-0.15, -0.1) is 11.3 Å². The maximum Gasteiger partial charge on any atom is 0.224 e. The molecule has 5 nitrogen and oxygen atoms in total. The zero-order chi connectivity index (χ0) is 14.6. The van der Waals surface area contributed by atoms with E-state index in [1.54, 1.807) is 25.3 Å². The fourth-order valence-corrected chi connectivity index (χ4v) is 2.51. The van der Waals surface area contributed by atoms with Gasteiger partial charge in [-0.2, -0.15) is 0 Å². The van der Waals surface area contributed by atoms with Crippen LogP contribution < -0.4 is 10.4 Å². The average Bonchev–Trinajstić information content (AvgIpc) is 2.61. The smallest absolute Gasteiger partial charge is 0.224 e. The molecule has 1 aromatic rings. The Morgan fingerprint density at radius 1 is 1.32 bits per heavy atom. The number of carboxylic acids is 1. The third-order valence-electron chi connectivity index (χ3n) is 2.52. The van der Waals surface area contributed by atoms with Crippen molar-refractivity contribution in [2.24, 2.45) is 5.41 Å². The molecule has 0 atom stereocenters. The molecule has 0 saturated heterocycles. The third-order valence-corrected chi connectivity index (χ3v) is 3.54. The predicted octanol–water partition coefficient (Wildman–Crippen LogP) is 1.45. The van der Waals surface area contributed by atoms with E-state index in [1.165, 1.54) is 18.3 Å². The number of carbonyl (C=O) groups is 3. The highest BCUT2D eigenvalue weighted by Crippen LogP contribution is 2.27. The average molecular weight is 282 g/mol. The zero-order valence-corrected chi connectivity index (χ0v) is 11.9. The molecular formula is C13H16NO4S-. The Bertz CT molecular complexity index is 504. The Morgan fingerprint density at radius 3 is 2.47 bits per heavy atom. The maximum absolute atomic E-state index is 11.9. The summed E-state index contributed by atoms with van der Waals surface area (Å²) in [5, 5.41) is 14.9. The summed E-state index contributed by atoms with van der Waals surface area (Å²) in [5.41, 5.74) is -0.207. The number of rotatable bonds is 6. The van der Waals surface area contributed by atoms with Crippen LogP contribution in [-0.4, -0.2) is 17.7 Å². The lowest BCUT2D eigenvalue weighted by molar-refractivity contribution is -0.307. The first kappa shape index (κ1) is 15.4. The van der Waals surface area contributed by atoms with E-state index in [0.717, 1.165) is 0 Å². The molecule has 0 radical (unpaired) electrons. The van der Waals surface area contributed by atoms with Gasteiger partial charge >= 0.3 is 0 Å². The molecular weight excluding hydrogens is 266 g/mol. The van der Waals surface area contributed by atoms with E-state index in [-0.39, 0.29) is 24.5 Å². The third kappa shape index (κ3) is 4.82. The van der Waals surface area contributed by atoms with Gasteiger partial charge in [-0.1, -0.05) is 13.8 Å². The maximum atomic E-state index is 11.9. The Balaban J connectivity index is 2.68. The molecule has 0 aliphatic carbocycles. The van der Waals surface area contributed by atoms with Gasteiger partial charge in [0.1, 0.15) is 0 Å². The molecule has 1 rings (SSSR count). The minimum Gasteiger partial charge on any atom is -0.550 e. The van der Waals surface area contributed by atoms with Gasteiger partial charge in [-0.05, 0) is 23.3 Å². The van der Waals surface area contributed by atoms with Crippen molar-refractivity contribution in [1.82, 2.24) is 0 Å². The lowest BCUT2D eigenvalue weighted by Gasteiger charge is -2.24. The molecule has 0 spiro atoms. The Kier molecular flexibility index (Phi) is 4.83. The molecule has 0 aliphatic heterocycles. The number of amides is 1. The van der Waals surface area contributed by atoms with Crippen molar-refractivity contribution in [3.63, 3.8) is 0 Å². The van der Waals surface area contributed by atoms with Crippen molar-refractivity contribution >= 4 is 34.7 Å². The number of ketones is 1. The van der Waals surface area contributed by atoms with Gasteiger partial charge in [-0.25, -0.2) is 0 Å². The van der Waals surface area contributed by atoms with Crippen LogP contribution in [-0.2, 0) is 9.59 Å². The number of Topliss-reactive ketones (excluding diaryl/α,β-unsaturated/α-hetero) is 1. The fraction of sp³-hybridized carbons (Fsp3) is 0.462. The Hall–Kier alpha value is -1.69. The van der Waals surface area contributed by atoms with Crippen molar-refractivity contribution in [3.05, 3.63) is 16.3 Å². The van der Waals surface area contributed by atoms with Gasteiger partial charge in [0.25, 0.3) is 0 Å². The molecule has 1 amide bonds. The van der Waals surface area contributed by atoms with Crippen LogP contribution in [0.25, 0.3) is 0 Å². The summed E-state index contributed by atoms with van der Waals surface area (Å²) in [6, 6.07) is 1.66. The van der Waals surface area contributed by atoms with Gasteiger partial charge in [0.15, 0.2) is 5.78 Å². The SMILES string of the molecule is CC(=O)c1sccc1NC(=O)CC(C)(C)CC(=O)[O-]. The van der Waals surface area contributed by atoms with Crippen LogP contribution in [0.15, 0.2) is 11.4 Å². The monoisotopic (exact) mass is 282 g/mol. The van der Waals surface area contributed by atoms with Gasteiger partial charge < -0.3 is 15.2 Å². The standard InChI is InChI=1S/C13H17NO4S/c1-8(15)12-9(4-5-19-12)14-10(16)6-13(2,3)7-11(17)18/h4-5H,6-7H2,1-3H3,(H,14,16)(H,17,18)/p-1. The topological polar surface area (TPSA) is 86.3 Å². The van der Waals surface area contributed by atoms with Crippen LogP contribution in [0.5, 0.6) is 0 Å². The summed E-state index contributed by atoms with van der Waals surface area (Å²) in [6.07, 6.45) is -0.141. The van der Waals surface area contributed by atoms with E-state index in [9.17, 15) is 19.5 Å². The molecule has 0 aromatic carbocycles. The van der Waals surface area contributed by atoms with Crippen LogP contribution in [0.1, 0.15) is 43.3 Å². The van der Waals surface area contributed by atoms with Crippen LogP contribution in [0.2, 0.25) is 0 Å². The lowest BCUT2D eigenvalue weighted by atomic mass is 9.85. The van der Waals surface area contributed by atoms with Gasteiger partial charge in [0, 0.05) is 19.3 Å². The number of carbonyl (C=O) groups excluding carboxylic acids is 3. The molecule has 1 N–H and O–H groups in total. The number of carboxylic acid groups (broad SMARTS) is 1. The van der Waals surface area contributed by atoms with E-state index in [2.05, 4.69) is 5.32 Å². The molecule has 104 valence electrons. The highest BCUT2D eigenvalue weighted by Gasteiger charge is 2.23. The summed E-state index contributed by atoms with van der Waals surface area (Å²) in [6.45, 7) is 4.80. The van der Waals surface area contributed by atoms with E-state index in [1.807, 2.05) is 0 Å². The number of aliphatic carboxylic acids is 1. The quantitative estimate of drug-likeness (QED) is 0.800. The van der Waals surface area contributed by atoms with Crippen molar-refractivity contribution < 1.29 is 19.5 Å². The number of anilines is 1. The molecule has 0 aliphatic rings. The molecule has 0 bridgehead atoms. The number of nitrogens with one attached hydrogen (secondary N) is 1. The number of hydrogen-bond donors (Lipinski definition) is 1. The summed E-state index contributed by atoms with van der Waals surface area (Å²) >= 11 is 1.26. The second-order valence-electron chi connectivity index (χ2n) is 5.16. The van der Waals surface area contributed by atoms with E-state index in [0.29, 0.717) is 10.6 Å². The second-order valence-corrected chi connectivity index (χ2v) is 6.07. The molecule has 1 heterocycles. The minimum absolute atomic E-state index is 0.0498. The first-order valence-corrected chi connectivity index (χ1v) is 6.67. The van der Waals surface area contributed by atoms with Crippen LogP contribution >= 0.6 is 11.3 Å². The van der Waals surface area contributed by atoms with E-state index in [4.69, 9.17) is 0 Å². The van der Waals surface area contributed by atoms with E-state index < -0.39 is 11.4 Å². The largest absolute Gasteiger partial charge is 0.550 e. The predicted molar refractivity (Wildman–Crippen MR) is 71.0 cm³/mol. The van der Waals surface area contributed by atoms with Crippen LogP contribution in [0.3, 0.4) is 0 Å². The first-order chi connectivity index (χ1) is 8.71. The van der Waals surface area contributed by atoms with E-state index >= 15 is 0 Å². The van der Waals surface area contributed by atoms with Crippen molar-refractivity contribution in [3.8, 4) is 0 Å². The summed E-state index contributed by atoms with van der Waals surface area (Å²) in [5.74, 6) is -1.61. The summed E-state index contributed by atoms with van der Waals surface area (Å²) in [7, 11) is 0. The Morgan fingerprint density at radius 2 is 1.95 bits per heavy atom. The van der Waals surface area contributed by atoms with Gasteiger partial charge in [0.05, 0.1) is 10.6 Å².